The highest BCUT2D eigenvalue weighted by Gasteiger charge is 2.30. The van der Waals surface area contributed by atoms with E-state index in [1.165, 1.54) is 5.56 Å². The van der Waals surface area contributed by atoms with E-state index in [1.807, 2.05) is 41.2 Å². The molecule has 0 unspecified atom stereocenters. The molecule has 1 saturated carbocycles. The van der Waals surface area contributed by atoms with E-state index in [0.717, 1.165) is 55.2 Å². The molecule has 218 valence electrons. The van der Waals surface area contributed by atoms with Crippen molar-refractivity contribution in [2.75, 3.05) is 35.6 Å². The average Bonchev–Trinajstić information content (AvgIpc) is 3.32. The molecule has 11 heteroatoms. The largest absolute Gasteiger partial charge is 0.481 e. The van der Waals surface area contributed by atoms with Gasteiger partial charge in [0.15, 0.2) is 0 Å². The predicted octanol–water partition coefficient (Wildman–Crippen LogP) is 4.70. The number of hydrogen-bond acceptors (Lipinski definition) is 8. The van der Waals surface area contributed by atoms with Gasteiger partial charge >= 0.3 is 5.97 Å². The standard InChI is InChI=1S/C31H35N7O4/c32-28-27-29(36-31(35-28)33-14-3-15-38-25-5-2-1-4-23(25)19-34-38)42-17-16-37(30(27)41)24-12-10-22(11-13-24)21-8-6-20(7-9-21)18-26(39)40/h1-2,4-5,10-13,19-21H,3,6-9,14-18H2,(H,39,40)(H3,32,33,35,36). The zero-order chi connectivity index (χ0) is 29.1. The Bertz CT molecular complexity index is 1580. The number of nitrogens with one attached hydrogen (secondary N) is 1. The van der Waals surface area contributed by atoms with Gasteiger partial charge in [-0.3, -0.25) is 14.3 Å². The number of fused-ring (bicyclic) bond motifs is 2. The minimum Gasteiger partial charge on any atom is -0.481 e. The van der Waals surface area contributed by atoms with E-state index in [0.29, 0.717) is 25.0 Å². The summed E-state index contributed by atoms with van der Waals surface area (Å²) in [6.07, 6.45) is 6.71. The number of carboxylic acid groups (broad SMARTS) is 1. The van der Waals surface area contributed by atoms with Crippen molar-refractivity contribution in [3.63, 3.8) is 0 Å². The third-order valence-corrected chi connectivity index (χ3v) is 8.28. The lowest BCUT2D eigenvalue weighted by Gasteiger charge is -2.28. The van der Waals surface area contributed by atoms with Crippen LogP contribution in [-0.2, 0) is 11.3 Å². The zero-order valence-corrected chi connectivity index (χ0v) is 23.4. The third-order valence-electron chi connectivity index (χ3n) is 8.28. The van der Waals surface area contributed by atoms with Gasteiger partial charge in [0.25, 0.3) is 5.91 Å². The van der Waals surface area contributed by atoms with E-state index in [9.17, 15) is 9.59 Å². The molecule has 1 aliphatic carbocycles. The molecule has 1 aliphatic heterocycles. The number of aromatic nitrogens is 4. The molecule has 4 aromatic rings. The number of benzene rings is 2. The highest BCUT2D eigenvalue weighted by Crippen LogP contribution is 2.38. The van der Waals surface area contributed by atoms with Crippen molar-refractivity contribution in [2.24, 2.45) is 5.92 Å². The molecule has 2 aromatic carbocycles. The van der Waals surface area contributed by atoms with Crippen LogP contribution in [0.3, 0.4) is 0 Å². The Labute approximate surface area is 243 Å². The lowest BCUT2D eigenvalue weighted by atomic mass is 9.77. The van der Waals surface area contributed by atoms with E-state index < -0.39 is 5.97 Å². The molecule has 3 heterocycles. The van der Waals surface area contributed by atoms with Gasteiger partial charge in [0.2, 0.25) is 11.8 Å². The highest BCUT2D eigenvalue weighted by molar-refractivity contribution is 6.10. The van der Waals surface area contributed by atoms with Crippen LogP contribution in [0.25, 0.3) is 10.9 Å². The first-order chi connectivity index (χ1) is 20.5. The van der Waals surface area contributed by atoms with Gasteiger partial charge in [-0.05, 0) is 67.7 Å². The van der Waals surface area contributed by atoms with Gasteiger partial charge in [-0.25, -0.2) is 0 Å². The van der Waals surface area contributed by atoms with Gasteiger partial charge in [-0.15, -0.1) is 0 Å². The van der Waals surface area contributed by atoms with Crippen molar-refractivity contribution in [3.8, 4) is 5.88 Å². The van der Waals surface area contributed by atoms with Crippen LogP contribution < -0.4 is 20.7 Å². The van der Waals surface area contributed by atoms with Crippen molar-refractivity contribution < 1.29 is 19.4 Å². The SMILES string of the molecule is Nc1nc(NCCCn2ncc3ccccc32)nc2c1C(=O)N(c1ccc(C3CCC(CC(=O)O)CC3)cc1)CCO2. The van der Waals surface area contributed by atoms with E-state index >= 15 is 0 Å². The summed E-state index contributed by atoms with van der Waals surface area (Å²) in [5.74, 6) is 0.238. The van der Waals surface area contributed by atoms with Crippen molar-refractivity contribution in [1.82, 2.24) is 19.7 Å². The molecule has 6 rings (SSSR count). The van der Waals surface area contributed by atoms with Gasteiger partial charge in [0, 0.05) is 30.6 Å². The summed E-state index contributed by atoms with van der Waals surface area (Å²) < 4.78 is 7.84. The number of nitrogen functional groups attached to an aromatic ring is 1. The number of aryl methyl sites for hydroxylation is 1. The quantitative estimate of drug-likeness (QED) is 0.244. The molecule has 2 aromatic heterocycles. The fourth-order valence-electron chi connectivity index (χ4n) is 6.06. The van der Waals surface area contributed by atoms with Crippen LogP contribution in [0.4, 0.5) is 17.5 Å². The molecular weight excluding hydrogens is 534 g/mol. The molecule has 0 spiro atoms. The smallest absolute Gasteiger partial charge is 0.303 e. The molecule has 1 fully saturated rings. The molecule has 0 radical (unpaired) electrons. The first-order valence-electron chi connectivity index (χ1n) is 14.5. The van der Waals surface area contributed by atoms with E-state index in [1.54, 1.807) is 4.90 Å². The number of carbonyl (C=O) groups is 2. The topological polar surface area (TPSA) is 148 Å². The Morgan fingerprint density at radius 3 is 2.64 bits per heavy atom. The normalized spacial score (nSPS) is 18.8. The Morgan fingerprint density at radius 2 is 1.86 bits per heavy atom. The number of para-hydroxylation sites is 1. The maximum atomic E-state index is 13.6. The third kappa shape index (κ3) is 5.86. The second-order valence-corrected chi connectivity index (χ2v) is 11.0. The second kappa shape index (κ2) is 12.1. The Hall–Kier alpha value is -4.67. The molecule has 1 amide bonds. The van der Waals surface area contributed by atoms with Crippen LogP contribution in [0.2, 0.25) is 0 Å². The highest BCUT2D eigenvalue weighted by atomic mass is 16.5. The number of aliphatic carboxylic acids is 1. The molecule has 2 aliphatic rings. The maximum Gasteiger partial charge on any atom is 0.303 e. The Balaban J connectivity index is 1.08. The first-order valence-corrected chi connectivity index (χ1v) is 14.5. The summed E-state index contributed by atoms with van der Waals surface area (Å²) in [6.45, 7) is 1.96. The summed E-state index contributed by atoms with van der Waals surface area (Å²) in [4.78, 5) is 35.1. The number of carboxylic acids is 1. The number of rotatable bonds is 9. The van der Waals surface area contributed by atoms with Gasteiger partial charge in [-0.2, -0.15) is 15.1 Å². The van der Waals surface area contributed by atoms with Crippen molar-refractivity contribution >= 4 is 40.2 Å². The lowest BCUT2D eigenvalue weighted by molar-refractivity contribution is -0.138. The number of carbonyl (C=O) groups excluding carboxylic acids is 1. The van der Waals surface area contributed by atoms with Gasteiger partial charge < -0.3 is 25.8 Å². The minimum atomic E-state index is -0.718. The number of hydrogen-bond donors (Lipinski definition) is 3. The fraction of sp³-hybridized carbons (Fsp3) is 0.387. The number of nitrogens with zero attached hydrogens (tertiary/aromatic N) is 5. The summed E-state index contributed by atoms with van der Waals surface area (Å²) in [6, 6.07) is 16.1. The molecule has 0 bridgehead atoms. The number of anilines is 3. The van der Waals surface area contributed by atoms with Gasteiger partial charge in [-0.1, -0.05) is 30.3 Å². The number of nitrogens with two attached hydrogens (primary N) is 1. The van der Waals surface area contributed by atoms with Gasteiger partial charge in [0.1, 0.15) is 18.0 Å². The zero-order valence-electron chi connectivity index (χ0n) is 23.4. The monoisotopic (exact) mass is 569 g/mol. The van der Waals surface area contributed by atoms with Crippen LogP contribution >= 0.6 is 0 Å². The molecular formula is C31H35N7O4. The molecule has 0 atom stereocenters. The summed E-state index contributed by atoms with van der Waals surface area (Å²) in [5, 5.41) is 17.8. The predicted molar refractivity (Wildman–Crippen MR) is 160 cm³/mol. The molecule has 4 N–H and O–H groups in total. The van der Waals surface area contributed by atoms with E-state index in [2.05, 4.69) is 38.6 Å². The van der Waals surface area contributed by atoms with Crippen molar-refractivity contribution in [1.29, 1.82) is 0 Å². The maximum absolute atomic E-state index is 13.6. The summed E-state index contributed by atoms with van der Waals surface area (Å²) in [5.41, 5.74) is 9.51. The van der Waals surface area contributed by atoms with E-state index in [4.69, 9.17) is 15.6 Å². The Morgan fingerprint density at radius 1 is 1.07 bits per heavy atom. The second-order valence-electron chi connectivity index (χ2n) is 11.0. The first kappa shape index (κ1) is 27.5. The van der Waals surface area contributed by atoms with Crippen LogP contribution in [0.5, 0.6) is 5.88 Å². The fourth-order valence-corrected chi connectivity index (χ4v) is 6.06. The number of ether oxygens (including phenoxy) is 1. The van der Waals surface area contributed by atoms with Gasteiger partial charge in [0.05, 0.1) is 18.3 Å². The van der Waals surface area contributed by atoms with Crippen molar-refractivity contribution in [2.45, 2.75) is 51.0 Å². The molecule has 0 saturated heterocycles. The van der Waals surface area contributed by atoms with Crippen LogP contribution in [0, 0.1) is 5.92 Å². The van der Waals surface area contributed by atoms with Crippen molar-refractivity contribution in [3.05, 3.63) is 65.9 Å². The molecule has 42 heavy (non-hydrogen) atoms. The van der Waals surface area contributed by atoms with Crippen LogP contribution in [0.15, 0.2) is 54.7 Å². The molecule has 11 nitrogen and oxygen atoms in total. The van der Waals surface area contributed by atoms with Crippen LogP contribution in [0.1, 0.15) is 60.4 Å². The van der Waals surface area contributed by atoms with Crippen LogP contribution in [-0.4, -0.2) is 56.4 Å². The lowest BCUT2D eigenvalue weighted by Crippen LogP contribution is -2.32. The summed E-state index contributed by atoms with van der Waals surface area (Å²) in [7, 11) is 0. The Kier molecular flexibility index (Phi) is 7.89. The van der Waals surface area contributed by atoms with E-state index in [-0.39, 0.29) is 42.1 Å². The summed E-state index contributed by atoms with van der Waals surface area (Å²) >= 11 is 0. The average molecular weight is 570 g/mol. The minimum absolute atomic E-state index is 0.0761. The number of amides is 1.